The van der Waals surface area contributed by atoms with Crippen molar-refractivity contribution in [1.29, 1.82) is 0 Å². The number of benzene rings is 2. The summed E-state index contributed by atoms with van der Waals surface area (Å²) in [5, 5.41) is 0. The molecule has 190 valence electrons. The van der Waals surface area contributed by atoms with Gasteiger partial charge in [0.2, 0.25) is 0 Å². The average molecular weight is 486 g/mol. The second-order valence-corrected chi connectivity index (χ2v) is 9.46. The molecule has 0 unspecified atom stereocenters. The molecule has 4 rings (SSSR count). The minimum absolute atomic E-state index is 0.00769. The Kier molecular flexibility index (Phi) is 8.03. The molecule has 2 heterocycles. The minimum atomic E-state index is -0.127. The maximum Gasteiger partial charge on any atom is 0.258 e. The highest BCUT2D eigenvalue weighted by Gasteiger charge is 2.34. The molecule has 2 aliphatic rings. The fourth-order valence-electron chi connectivity index (χ4n) is 4.34. The van der Waals surface area contributed by atoms with E-state index in [9.17, 15) is 4.79 Å². The van der Waals surface area contributed by atoms with Gasteiger partial charge >= 0.3 is 0 Å². The van der Waals surface area contributed by atoms with Crippen LogP contribution in [0.3, 0.4) is 0 Å². The molecule has 2 aromatic carbocycles. The summed E-state index contributed by atoms with van der Waals surface area (Å²) >= 11 is 0. The number of hydrogen-bond acceptors (Lipinski definition) is 7. The molecule has 0 saturated carbocycles. The van der Waals surface area contributed by atoms with Crippen LogP contribution in [0, 0.1) is 5.41 Å². The number of nitrogens with zero attached hydrogens (tertiary/aromatic N) is 1. The lowest BCUT2D eigenvalue weighted by Crippen LogP contribution is -2.44. The maximum atomic E-state index is 13.7. The molecule has 0 aliphatic carbocycles. The molecule has 8 nitrogen and oxygen atoms in total. The summed E-state index contributed by atoms with van der Waals surface area (Å²) < 4.78 is 33.6. The Balaban J connectivity index is 1.57. The Bertz CT molecular complexity index is 1010. The summed E-state index contributed by atoms with van der Waals surface area (Å²) in [6.07, 6.45) is 1.94. The third kappa shape index (κ3) is 6.00. The fourth-order valence-corrected chi connectivity index (χ4v) is 4.34. The molecule has 1 amide bonds. The van der Waals surface area contributed by atoms with Crippen molar-refractivity contribution in [2.45, 2.75) is 32.4 Å². The van der Waals surface area contributed by atoms with Gasteiger partial charge in [0.05, 0.1) is 52.8 Å². The number of carbonyl (C=O) groups is 1. The molecular weight excluding hydrogens is 450 g/mol. The van der Waals surface area contributed by atoms with Gasteiger partial charge in [0.1, 0.15) is 11.5 Å². The Hall–Kier alpha value is -2.97. The third-order valence-corrected chi connectivity index (χ3v) is 6.45. The number of methoxy groups -OCH3 is 3. The summed E-state index contributed by atoms with van der Waals surface area (Å²) in [6.45, 7) is 5.65. The lowest BCUT2D eigenvalue weighted by atomic mass is 9.90. The first kappa shape index (κ1) is 25.1. The van der Waals surface area contributed by atoms with Crippen LogP contribution in [0.2, 0.25) is 0 Å². The van der Waals surface area contributed by atoms with Gasteiger partial charge < -0.3 is 33.3 Å². The molecule has 35 heavy (non-hydrogen) atoms. The van der Waals surface area contributed by atoms with E-state index < -0.39 is 0 Å². The highest BCUT2D eigenvalue weighted by atomic mass is 16.5. The van der Waals surface area contributed by atoms with Crippen LogP contribution >= 0.6 is 0 Å². The monoisotopic (exact) mass is 485 g/mol. The summed E-state index contributed by atoms with van der Waals surface area (Å²) in [6, 6.07) is 11.0. The minimum Gasteiger partial charge on any atom is -0.497 e. The number of rotatable bonds is 11. The third-order valence-electron chi connectivity index (χ3n) is 6.45. The van der Waals surface area contributed by atoms with Gasteiger partial charge in [-0.15, -0.1) is 0 Å². The van der Waals surface area contributed by atoms with Gasteiger partial charge in [0.15, 0.2) is 11.5 Å². The van der Waals surface area contributed by atoms with Crippen LogP contribution in [-0.4, -0.2) is 71.2 Å². The van der Waals surface area contributed by atoms with Gasteiger partial charge in [-0.25, -0.2) is 0 Å². The van der Waals surface area contributed by atoms with Crippen molar-refractivity contribution in [3.63, 3.8) is 0 Å². The number of hydrogen-bond donors (Lipinski definition) is 0. The van der Waals surface area contributed by atoms with E-state index in [4.69, 9.17) is 28.4 Å². The van der Waals surface area contributed by atoms with E-state index in [1.807, 2.05) is 23.1 Å². The smallest absolute Gasteiger partial charge is 0.258 e. The van der Waals surface area contributed by atoms with E-state index in [0.717, 1.165) is 25.0 Å². The van der Waals surface area contributed by atoms with Crippen molar-refractivity contribution < 1.29 is 33.2 Å². The molecular formula is C27H35NO7. The number of amides is 1. The van der Waals surface area contributed by atoms with Gasteiger partial charge in [0.25, 0.3) is 5.91 Å². The van der Waals surface area contributed by atoms with Crippen molar-refractivity contribution in [2.75, 3.05) is 54.3 Å². The zero-order valence-electron chi connectivity index (χ0n) is 21.0. The van der Waals surface area contributed by atoms with Crippen LogP contribution in [0.4, 0.5) is 0 Å². The molecule has 0 radical (unpaired) electrons. The highest BCUT2D eigenvalue weighted by Crippen LogP contribution is 2.33. The Morgan fingerprint density at radius 1 is 1.03 bits per heavy atom. The van der Waals surface area contributed by atoms with Crippen LogP contribution in [0.15, 0.2) is 36.4 Å². The molecule has 0 bridgehead atoms. The van der Waals surface area contributed by atoms with Gasteiger partial charge in [-0.05, 0) is 42.7 Å². The maximum absolute atomic E-state index is 13.7. The summed E-state index contributed by atoms with van der Waals surface area (Å²) in [5.41, 5.74) is 1.43. The van der Waals surface area contributed by atoms with Crippen LogP contribution in [-0.2, 0) is 16.0 Å². The Morgan fingerprint density at radius 2 is 1.83 bits per heavy atom. The standard InChI is InChI=1S/C27H35NO7/c1-27(16-33-17-27)18-35-25-12-19(7-10-23(25)31-3)14-28(15-21-6-5-11-34-21)26(29)22-9-8-20(30-2)13-24(22)32-4/h7-10,12-13,21H,5-6,11,14-18H2,1-4H3/t21-/m0/s1. The fraction of sp³-hybridized carbons (Fsp3) is 0.519. The van der Waals surface area contributed by atoms with E-state index in [1.165, 1.54) is 0 Å². The molecule has 2 saturated heterocycles. The zero-order chi connectivity index (χ0) is 24.8. The van der Waals surface area contributed by atoms with Crippen LogP contribution in [0.5, 0.6) is 23.0 Å². The quantitative estimate of drug-likeness (QED) is 0.477. The predicted molar refractivity (Wildman–Crippen MR) is 131 cm³/mol. The first-order chi connectivity index (χ1) is 16.9. The molecule has 2 fully saturated rings. The van der Waals surface area contributed by atoms with Gasteiger partial charge in [-0.3, -0.25) is 4.79 Å². The van der Waals surface area contributed by atoms with E-state index in [-0.39, 0.29) is 17.4 Å². The molecule has 2 aliphatic heterocycles. The Labute approximate surface area is 207 Å². The van der Waals surface area contributed by atoms with Crippen molar-refractivity contribution in [3.8, 4) is 23.0 Å². The Morgan fingerprint density at radius 3 is 2.46 bits per heavy atom. The van der Waals surface area contributed by atoms with Crippen molar-refractivity contribution in [3.05, 3.63) is 47.5 Å². The summed E-state index contributed by atoms with van der Waals surface area (Å²) in [4.78, 5) is 15.5. The summed E-state index contributed by atoms with van der Waals surface area (Å²) in [7, 11) is 4.76. The number of carbonyl (C=O) groups excluding carboxylic acids is 1. The van der Waals surface area contributed by atoms with Gasteiger partial charge in [-0.2, -0.15) is 0 Å². The second kappa shape index (κ2) is 11.2. The molecule has 0 N–H and O–H groups in total. The van der Waals surface area contributed by atoms with Crippen molar-refractivity contribution >= 4 is 5.91 Å². The topological polar surface area (TPSA) is 75.7 Å². The zero-order valence-corrected chi connectivity index (χ0v) is 21.0. The first-order valence-corrected chi connectivity index (χ1v) is 11.9. The van der Waals surface area contributed by atoms with Crippen molar-refractivity contribution in [2.24, 2.45) is 5.41 Å². The molecule has 1 atom stereocenters. The van der Waals surface area contributed by atoms with Crippen LogP contribution in [0.25, 0.3) is 0 Å². The lowest BCUT2D eigenvalue weighted by Gasteiger charge is -2.37. The van der Waals surface area contributed by atoms with Crippen LogP contribution < -0.4 is 18.9 Å². The number of ether oxygens (including phenoxy) is 6. The van der Waals surface area contributed by atoms with Gasteiger partial charge in [-0.1, -0.05) is 13.0 Å². The molecule has 8 heteroatoms. The van der Waals surface area contributed by atoms with Crippen LogP contribution in [0.1, 0.15) is 35.7 Å². The molecule has 0 aromatic heterocycles. The molecule has 0 spiro atoms. The normalized spacial score (nSPS) is 18.5. The first-order valence-electron chi connectivity index (χ1n) is 11.9. The van der Waals surface area contributed by atoms with E-state index >= 15 is 0 Å². The lowest BCUT2D eigenvalue weighted by molar-refractivity contribution is -0.120. The van der Waals surface area contributed by atoms with Gasteiger partial charge in [0, 0.05) is 31.2 Å². The SMILES string of the molecule is COc1ccc(C(=O)N(Cc2ccc(OC)c(OCC3(C)COC3)c2)C[C@@H]2CCCO2)c(OC)c1. The summed E-state index contributed by atoms with van der Waals surface area (Å²) in [5.74, 6) is 2.29. The highest BCUT2D eigenvalue weighted by molar-refractivity contribution is 5.97. The van der Waals surface area contributed by atoms with Crippen molar-refractivity contribution in [1.82, 2.24) is 4.90 Å². The average Bonchev–Trinajstić information content (AvgIpc) is 3.38. The molecule has 2 aromatic rings. The van der Waals surface area contributed by atoms with E-state index in [0.29, 0.717) is 61.5 Å². The second-order valence-electron chi connectivity index (χ2n) is 9.46. The predicted octanol–water partition coefficient (Wildman–Crippen LogP) is 3.95. The largest absolute Gasteiger partial charge is 0.497 e. The van der Waals surface area contributed by atoms with E-state index in [1.54, 1.807) is 39.5 Å². The van der Waals surface area contributed by atoms with E-state index in [2.05, 4.69) is 6.92 Å².